The number of aliphatic hydroxyl groups is 6. The summed E-state index contributed by atoms with van der Waals surface area (Å²) in [6, 6.07) is 7.57. The van der Waals surface area contributed by atoms with Gasteiger partial charge in [0.25, 0.3) is 0 Å². The molecule has 0 spiro atoms. The molecule has 0 aromatic heterocycles. The van der Waals surface area contributed by atoms with Crippen molar-refractivity contribution in [1.29, 1.82) is 0 Å². The summed E-state index contributed by atoms with van der Waals surface area (Å²) in [4.78, 5) is 0. The highest BCUT2D eigenvalue weighted by Gasteiger charge is 2.44. The Balaban J connectivity index is 0.000000515. The second kappa shape index (κ2) is 10.5. The van der Waals surface area contributed by atoms with Crippen LogP contribution in [0.25, 0.3) is 0 Å². The van der Waals surface area contributed by atoms with E-state index in [2.05, 4.69) is 6.92 Å². The van der Waals surface area contributed by atoms with Crippen molar-refractivity contribution in [3.63, 3.8) is 0 Å². The molecule has 23 heavy (non-hydrogen) atoms. The summed E-state index contributed by atoms with van der Waals surface area (Å²) in [6.07, 6.45) is 9.19. The Morgan fingerprint density at radius 2 is 1.13 bits per heavy atom. The van der Waals surface area contributed by atoms with Crippen molar-refractivity contribution < 1.29 is 35.7 Å². The average Bonchev–Trinajstić information content (AvgIpc) is 2.43. The van der Waals surface area contributed by atoms with E-state index in [1.165, 1.54) is 44.1 Å². The molecule has 0 fully saturated rings. The first-order valence-electron chi connectivity index (χ1n) is 7.70. The van der Waals surface area contributed by atoms with Crippen LogP contribution in [-0.4, -0.2) is 47.7 Å². The lowest BCUT2D eigenvalue weighted by molar-refractivity contribution is -0.512. The normalized spacial score (nSPS) is 11.8. The Hall–Kier alpha value is -1.22. The molecule has 7 N–H and O–H groups in total. The lowest BCUT2D eigenvalue weighted by atomic mass is 10.1. The first-order valence-corrected chi connectivity index (χ1v) is 7.70. The molecule has 0 saturated carbocycles. The van der Waals surface area contributed by atoms with Crippen molar-refractivity contribution in [3.8, 4) is 5.75 Å². The number of aromatic hydroxyl groups is 1. The summed E-state index contributed by atoms with van der Waals surface area (Å²) < 4.78 is 0. The molecule has 134 valence electrons. The number of phenols is 1. The quantitative estimate of drug-likeness (QED) is 0.272. The lowest BCUT2D eigenvalue weighted by Gasteiger charge is -2.23. The number of hydrogen-bond acceptors (Lipinski definition) is 7. The Morgan fingerprint density at radius 1 is 0.696 bits per heavy atom. The van der Waals surface area contributed by atoms with Gasteiger partial charge in [-0.3, -0.25) is 0 Å². The van der Waals surface area contributed by atoms with E-state index < -0.39 is 11.9 Å². The molecular formula is C16H28O7. The van der Waals surface area contributed by atoms with E-state index in [4.69, 9.17) is 35.7 Å². The highest BCUT2D eigenvalue weighted by molar-refractivity contribution is 5.25. The minimum absolute atomic E-state index is 0.363. The third-order valence-electron chi connectivity index (χ3n) is 3.21. The molecule has 0 aliphatic carbocycles. The van der Waals surface area contributed by atoms with Gasteiger partial charge in [-0.2, -0.15) is 0 Å². The molecule has 1 rings (SSSR count). The molecule has 0 aliphatic heterocycles. The minimum Gasteiger partial charge on any atom is -0.508 e. The summed E-state index contributed by atoms with van der Waals surface area (Å²) >= 11 is 0. The van der Waals surface area contributed by atoms with E-state index in [1.807, 2.05) is 12.1 Å². The van der Waals surface area contributed by atoms with Gasteiger partial charge < -0.3 is 35.7 Å². The smallest absolute Gasteiger partial charge is 0.362 e. The number of unbranched alkanes of at least 4 members (excludes halogenated alkanes) is 5. The van der Waals surface area contributed by atoms with Crippen molar-refractivity contribution in [3.05, 3.63) is 29.8 Å². The van der Waals surface area contributed by atoms with Gasteiger partial charge in [0, 0.05) is 0 Å². The van der Waals surface area contributed by atoms with Crippen LogP contribution in [-0.2, 0) is 6.42 Å². The largest absolute Gasteiger partial charge is 0.508 e. The molecule has 0 heterocycles. The van der Waals surface area contributed by atoms with Gasteiger partial charge >= 0.3 is 11.9 Å². The highest BCUT2D eigenvalue weighted by atomic mass is 16.8. The Bertz CT molecular complexity index is 392. The van der Waals surface area contributed by atoms with Crippen LogP contribution >= 0.6 is 0 Å². The maximum Gasteiger partial charge on any atom is 0.362 e. The maximum atomic E-state index is 9.13. The lowest BCUT2D eigenvalue weighted by Crippen LogP contribution is -2.54. The second-order valence-electron chi connectivity index (χ2n) is 5.46. The molecule has 0 atom stereocenters. The number of aryl methyl sites for hydroxylation is 1. The summed E-state index contributed by atoms with van der Waals surface area (Å²) in [7, 11) is 0. The Labute approximate surface area is 136 Å². The third kappa shape index (κ3) is 11.0. The topological polar surface area (TPSA) is 142 Å². The van der Waals surface area contributed by atoms with Crippen LogP contribution in [0, 0.1) is 0 Å². The summed E-state index contributed by atoms with van der Waals surface area (Å²) in [5.74, 6) is -7.43. The average molecular weight is 332 g/mol. The maximum absolute atomic E-state index is 9.13. The molecule has 7 heteroatoms. The SMILES string of the molecule is CCCCCCCCc1ccc(O)cc1.OC(O)(O)C(O)(O)O. The predicted octanol–water partition coefficient (Wildman–Crippen LogP) is 0.543. The van der Waals surface area contributed by atoms with E-state index in [9.17, 15) is 0 Å². The van der Waals surface area contributed by atoms with E-state index in [0.29, 0.717) is 5.75 Å². The molecule has 1 aromatic rings. The van der Waals surface area contributed by atoms with Crippen molar-refractivity contribution in [2.24, 2.45) is 0 Å². The zero-order chi connectivity index (χ0) is 17.9. The zero-order valence-electron chi connectivity index (χ0n) is 13.4. The molecule has 7 nitrogen and oxygen atoms in total. The summed E-state index contributed by atoms with van der Waals surface area (Å²) in [6.45, 7) is 2.25. The molecule has 0 bridgehead atoms. The zero-order valence-corrected chi connectivity index (χ0v) is 13.4. The highest BCUT2D eigenvalue weighted by Crippen LogP contribution is 2.13. The van der Waals surface area contributed by atoms with E-state index in [-0.39, 0.29) is 0 Å². The van der Waals surface area contributed by atoms with Crippen LogP contribution in [0.1, 0.15) is 51.0 Å². The first-order chi connectivity index (χ1) is 10.6. The van der Waals surface area contributed by atoms with E-state index >= 15 is 0 Å². The number of hydrogen-bond donors (Lipinski definition) is 7. The van der Waals surface area contributed by atoms with Crippen molar-refractivity contribution in [1.82, 2.24) is 0 Å². The van der Waals surface area contributed by atoms with Gasteiger partial charge in [-0.1, -0.05) is 51.2 Å². The number of benzene rings is 1. The molecule has 0 aliphatic rings. The van der Waals surface area contributed by atoms with Crippen LogP contribution in [0.4, 0.5) is 0 Å². The van der Waals surface area contributed by atoms with Gasteiger partial charge in [0.1, 0.15) is 5.75 Å². The monoisotopic (exact) mass is 332 g/mol. The fourth-order valence-electron chi connectivity index (χ4n) is 1.77. The second-order valence-corrected chi connectivity index (χ2v) is 5.46. The minimum atomic E-state index is -3.90. The van der Waals surface area contributed by atoms with Crippen LogP contribution in [0.2, 0.25) is 0 Å². The van der Waals surface area contributed by atoms with E-state index in [1.54, 1.807) is 12.1 Å². The van der Waals surface area contributed by atoms with Crippen LogP contribution in [0.3, 0.4) is 0 Å². The third-order valence-corrected chi connectivity index (χ3v) is 3.21. The molecule has 1 aromatic carbocycles. The van der Waals surface area contributed by atoms with Crippen molar-refractivity contribution >= 4 is 0 Å². The van der Waals surface area contributed by atoms with Gasteiger partial charge in [0.05, 0.1) is 0 Å². The standard InChI is InChI=1S/C14H22O.C2H6O6/c1-2-3-4-5-6-7-8-13-9-11-14(15)12-10-13;3-1(4,5)2(6,7)8/h9-12,15H,2-8H2,1H3;3-8H. The number of phenolic OH excluding ortho intramolecular Hbond substituents is 1. The fraction of sp³-hybridized carbons (Fsp3) is 0.625. The molecule has 0 radical (unpaired) electrons. The van der Waals surface area contributed by atoms with Crippen LogP contribution < -0.4 is 0 Å². The van der Waals surface area contributed by atoms with Gasteiger partial charge in [-0.05, 0) is 30.5 Å². The molecule has 0 unspecified atom stereocenters. The first kappa shape index (κ1) is 21.8. The van der Waals surface area contributed by atoms with Gasteiger partial charge in [-0.15, -0.1) is 0 Å². The van der Waals surface area contributed by atoms with Crippen molar-refractivity contribution in [2.45, 2.75) is 63.8 Å². The van der Waals surface area contributed by atoms with Crippen molar-refractivity contribution in [2.75, 3.05) is 0 Å². The fourth-order valence-corrected chi connectivity index (χ4v) is 1.77. The summed E-state index contributed by atoms with van der Waals surface area (Å²) in [5, 5.41) is 55.4. The van der Waals surface area contributed by atoms with Gasteiger partial charge in [0.2, 0.25) is 0 Å². The predicted molar refractivity (Wildman–Crippen MR) is 84.0 cm³/mol. The Kier molecular flexibility index (Phi) is 9.98. The van der Waals surface area contributed by atoms with Crippen LogP contribution in [0.15, 0.2) is 24.3 Å². The summed E-state index contributed by atoms with van der Waals surface area (Å²) in [5.41, 5.74) is 1.34. The van der Waals surface area contributed by atoms with E-state index in [0.717, 1.165) is 6.42 Å². The van der Waals surface area contributed by atoms with Gasteiger partial charge in [0.15, 0.2) is 0 Å². The van der Waals surface area contributed by atoms with Gasteiger partial charge in [-0.25, -0.2) is 0 Å². The van der Waals surface area contributed by atoms with Crippen LogP contribution in [0.5, 0.6) is 5.75 Å². The Morgan fingerprint density at radius 3 is 1.57 bits per heavy atom. The molecular weight excluding hydrogens is 304 g/mol. The molecule has 0 saturated heterocycles. The molecule has 0 amide bonds. The number of rotatable bonds is 8.